The Morgan fingerprint density at radius 3 is 2.90 bits per heavy atom. The molecule has 54 valence electrons. The van der Waals surface area contributed by atoms with Gasteiger partial charge < -0.3 is 5.32 Å². The van der Waals surface area contributed by atoms with Crippen molar-refractivity contribution in [3.63, 3.8) is 0 Å². The van der Waals surface area contributed by atoms with Crippen LogP contribution < -0.4 is 5.32 Å². The van der Waals surface area contributed by atoms with Crippen LogP contribution in [-0.2, 0) is 6.54 Å². The zero-order valence-corrected chi connectivity index (χ0v) is 5.98. The average Bonchev–Trinajstić information content (AvgIpc) is 2.25. The summed E-state index contributed by atoms with van der Waals surface area (Å²) < 4.78 is 0. The normalized spacial score (nSPS) is 12.1. The molecule has 1 nitrogen and oxygen atoms in total. The highest BCUT2D eigenvalue weighted by Crippen LogP contribution is 2.26. The molecule has 1 aliphatic heterocycles. The summed E-state index contributed by atoms with van der Waals surface area (Å²) in [6.45, 7) is 0.890. The van der Waals surface area contributed by atoms with Crippen LogP contribution in [0, 0.1) is 0 Å². The van der Waals surface area contributed by atoms with Crippen molar-refractivity contribution < 1.29 is 4.70 Å². The first-order valence-electron chi connectivity index (χ1n) is 2.88. The van der Waals surface area contributed by atoms with Crippen molar-refractivity contribution in [3.05, 3.63) is 28.8 Å². The molecule has 10 heavy (non-hydrogen) atoms. The lowest BCUT2D eigenvalue weighted by Gasteiger charge is -1.88. The Morgan fingerprint density at radius 1 is 1.40 bits per heavy atom. The minimum absolute atomic E-state index is 0. The van der Waals surface area contributed by atoms with Crippen LogP contribution in [0.1, 0.15) is 5.56 Å². The quantitative estimate of drug-likeness (QED) is 0.613. The molecule has 1 N–H and O–H groups in total. The number of benzene rings is 1. The zero-order valence-electron chi connectivity index (χ0n) is 5.23. The van der Waals surface area contributed by atoms with Crippen LogP contribution in [0.25, 0.3) is 0 Å². The first-order chi connectivity index (χ1) is 4.36. The standard InChI is InChI=1S/C7H6ClN.FH/c8-7-2-1-6-3-5(7)4-9-6;/h1-3,9H,4H2;1H. The van der Waals surface area contributed by atoms with Gasteiger partial charge in [-0.2, -0.15) is 0 Å². The van der Waals surface area contributed by atoms with E-state index in [1.807, 2.05) is 12.1 Å². The second kappa shape index (κ2) is 2.46. The number of nitrogens with one attached hydrogen (secondary N) is 1. The molecule has 0 spiro atoms. The fourth-order valence-corrected chi connectivity index (χ4v) is 1.20. The molecular formula is C7H7ClFN. The zero-order chi connectivity index (χ0) is 6.27. The maximum atomic E-state index is 5.82. The molecule has 1 aromatic carbocycles. The molecule has 0 aliphatic carbocycles. The van der Waals surface area contributed by atoms with Crippen LogP contribution in [0.15, 0.2) is 18.2 Å². The van der Waals surface area contributed by atoms with Crippen molar-refractivity contribution in [2.45, 2.75) is 6.54 Å². The second-order valence-electron chi connectivity index (χ2n) is 2.16. The van der Waals surface area contributed by atoms with E-state index in [1.165, 1.54) is 11.3 Å². The minimum Gasteiger partial charge on any atom is -0.381 e. The first-order valence-corrected chi connectivity index (χ1v) is 3.26. The SMILES string of the molecule is Clc1ccc2cc1CN2.F. The van der Waals surface area contributed by atoms with E-state index in [4.69, 9.17) is 11.6 Å². The third-order valence-corrected chi connectivity index (χ3v) is 1.90. The second-order valence-corrected chi connectivity index (χ2v) is 2.57. The monoisotopic (exact) mass is 159 g/mol. The van der Waals surface area contributed by atoms with Gasteiger partial charge in [0.2, 0.25) is 0 Å². The smallest absolute Gasteiger partial charge is 0.0457 e. The molecule has 1 aromatic rings. The fourth-order valence-electron chi connectivity index (χ4n) is 1.02. The van der Waals surface area contributed by atoms with Crippen molar-refractivity contribution in [1.82, 2.24) is 0 Å². The molecule has 0 saturated heterocycles. The van der Waals surface area contributed by atoms with Gasteiger partial charge >= 0.3 is 0 Å². The Bertz CT molecular complexity index is 249. The maximum absolute atomic E-state index is 5.82. The lowest BCUT2D eigenvalue weighted by molar-refractivity contribution is 1.11. The lowest BCUT2D eigenvalue weighted by Crippen LogP contribution is -1.86. The van der Waals surface area contributed by atoms with E-state index in [2.05, 4.69) is 11.4 Å². The van der Waals surface area contributed by atoms with Gasteiger partial charge in [0, 0.05) is 17.3 Å². The molecule has 2 rings (SSSR count). The van der Waals surface area contributed by atoms with Crippen molar-refractivity contribution in [1.29, 1.82) is 0 Å². The van der Waals surface area contributed by atoms with Crippen molar-refractivity contribution in [2.75, 3.05) is 5.32 Å². The Morgan fingerprint density at radius 2 is 2.20 bits per heavy atom. The highest BCUT2D eigenvalue weighted by Gasteiger charge is 2.07. The number of hydrogen-bond acceptors (Lipinski definition) is 1. The summed E-state index contributed by atoms with van der Waals surface area (Å²) in [6, 6.07) is 5.98. The van der Waals surface area contributed by atoms with Crippen LogP contribution in [0.4, 0.5) is 10.4 Å². The molecule has 3 heteroatoms. The van der Waals surface area contributed by atoms with E-state index in [1.54, 1.807) is 0 Å². The van der Waals surface area contributed by atoms with E-state index >= 15 is 0 Å². The Labute approximate surface area is 63.4 Å². The molecule has 0 radical (unpaired) electrons. The van der Waals surface area contributed by atoms with Crippen molar-refractivity contribution >= 4 is 17.3 Å². The lowest BCUT2D eigenvalue weighted by atomic mass is 10.2. The van der Waals surface area contributed by atoms with E-state index in [0.717, 1.165) is 11.6 Å². The third kappa shape index (κ3) is 0.948. The molecule has 0 saturated carbocycles. The number of hydrogen-bond donors (Lipinski definition) is 1. The Balaban J connectivity index is 0.000000500. The summed E-state index contributed by atoms with van der Waals surface area (Å²) in [5, 5.41) is 4.05. The van der Waals surface area contributed by atoms with E-state index < -0.39 is 0 Å². The first kappa shape index (κ1) is 7.35. The molecule has 2 bridgehead atoms. The molecule has 0 amide bonds. The summed E-state index contributed by atoms with van der Waals surface area (Å²) in [5.74, 6) is 0. The van der Waals surface area contributed by atoms with E-state index in [0.29, 0.717) is 0 Å². The van der Waals surface area contributed by atoms with Crippen LogP contribution in [0.5, 0.6) is 0 Å². The topological polar surface area (TPSA) is 12.0 Å². The summed E-state index contributed by atoms with van der Waals surface area (Å²) in [5.41, 5.74) is 2.38. The Kier molecular flexibility index (Phi) is 1.81. The number of rotatable bonds is 0. The van der Waals surface area contributed by atoms with E-state index in [-0.39, 0.29) is 4.70 Å². The predicted octanol–water partition coefficient (Wildman–Crippen LogP) is 2.42. The summed E-state index contributed by atoms with van der Waals surface area (Å²) in [4.78, 5) is 0. The van der Waals surface area contributed by atoms with Gasteiger partial charge in [-0.15, -0.1) is 0 Å². The fraction of sp³-hybridized carbons (Fsp3) is 0.143. The van der Waals surface area contributed by atoms with Crippen LogP contribution in [-0.4, -0.2) is 0 Å². The number of halogens is 2. The molecule has 0 aromatic heterocycles. The molecule has 0 fully saturated rings. The van der Waals surface area contributed by atoms with Crippen LogP contribution in [0.3, 0.4) is 0 Å². The van der Waals surface area contributed by atoms with Crippen LogP contribution >= 0.6 is 11.6 Å². The number of fused-ring (bicyclic) bond motifs is 2. The summed E-state index contributed by atoms with van der Waals surface area (Å²) in [6.07, 6.45) is 0. The van der Waals surface area contributed by atoms with Gasteiger partial charge in [-0.05, 0) is 23.8 Å². The van der Waals surface area contributed by atoms with Crippen molar-refractivity contribution in [2.24, 2.45) is 0 Å². The van der Waals surface area contributed by atoms with E-state index in [9.17, 15) is 0 Å². The summed E-state index contributed by atoms with van der Waals surface area (Å²) in [7, 11) is 0. The molecular weight excluding hydrogens is 153 g/mol. The van der Waals surface area contributed by atoms with Gasteiger partial charge in [-0.25, -0.2) is 0 Å². The van der Waals surface area contributed by atoms with Gasteiger partial charge in [0.05, 0.1) is 0 Å². The maximum Gasteiger partial charge on any atom is 0.0457 e. The highest BCUT2D eigenvalue weighted by molar-refractivity contribution is 6.31. The molecule has 1 heterocycles. The molecule has 1 aliphatic rings. The highest BCUT2D eigenvalue weighted by atomic mass is 35.5. The summed E-state index contributed by atoms with van der Waals surface area (Å²) >= 11 is 5.82. The molecule has 0 atom stereocenters. The van der Waals surface area contributed by atoms with Gasteiger partial charge in [0.15, 0.2) is 0 Å². The molecule has 0 unspecified atom stereocenters. The van der Waals surface area contributed by atoms with Crippen molar-refractivity contribution in [3.8, 4) is 0 Å². The van der Waals surface area contributed by atoms with Gasteiger partial charge in [-0.3, -0.25) is 4.70 Å². The van der Waals surface area contributed by atoms with Gasteiger partial charge in [0.1, 0.15) is 0 Å². The van der Waals surface area contributed by atoms with Crippen LogP contribution in [0.2, 0.25) is 5.02 Å². The third-order valence-electron chi connectivity index (χ3n) is 1.53. The Hall–Kier alpha value is -0.760. The predicted molar refractivity (Wildman–Crippen MR) is 41.3 cm³/mol. The number of anilines is 1. The minimum atomic E-state index is 0. The average molecular weight is 160 g/mol. The van der Waals surface area contributed by atoms with Gasteiger partial charge in [-0.1, -0.05) is 11.6 Å². The largest absolute Gasteiger partial charge is 0.381 e. The van der Waals surface area contributed by atoms with Gasteiger partial charge in [0.25, 0.3) is 0 Å².